The van der Waals surface area contributed by atoms with Crippen molar-refractivity contribution in [1.82, 2.24) is 29.7 Å². The van der Waals surface area contributed by atoms with Crippen molar-refractivity contribution < 1.29 is 0 Å². The second-order valence-corrected chi connectivity index (χ2v) is 6.14. The maximum atomic E-state index is 5.86. The Morgan fingerprint density at radius 2 is 1.81 bits per heavy atom. The third-order valence-corrected chi connectivity index (χ3v) is 4.54. The van der Waals surface area contributed by atoms with E-state index in [-0.39, 0.29) is 5.95 Å². The Morgan fingerprint density at radius 1 is 0.962 bits per heavy atom. The van der Waals surface area contributed by atoms with Gasteiger partial charge < -0.3 is 15.3 Å². The van der Waals surface area contributed by atoms with Crippen molar-refractivity contribution in [2.45, 2.75) is 0 Å². The molecule has 126 valence electrons. The first kappa shape index (κ1) is 14.6. The number of nitrogens with zero attached hydrogens (tertiary/aromatic N) is 5. The highest BCUT2D eigenvalue weighted by molar-refractivity contribution is 6.01. The number of anilines is 1. The lowest BCUT2D eigenvalue weighted by Crippen LogP contribution is -2.02. The fraction of sp³-hybridized carbons (Fsp3) is 0.0526. The molecule has 0 spiro atoms. The minimum absolute atomic E-state index is 0.146. The van der Waals surface area contributed by atoms with Gasteiger partial charge in [-0.1, -0.05) is 18.2 Å². The van der Waals surface area contributed by atoms with Crippen LogP contribution in [-0.4, -0.2) is 29.7 Å². The van der Waals surface area contributed by atoms with Crippen LogP contribution >= 0.6 is 0 Å². The Hall–Kier alpha value is -3.74. The number of fused-ring (bicyclic) bond motifs is 2. The van der Waals surface area contributed by atoms with Crippen LogP contribution in [0.2, 0.25) is 0 Å². The molecule has 26 heavy (non-hydrogen) atoms. The van der Waals surface area contributed by atoms with E-state index in [2.05, 4.69) is 25.1 Å². The van der Waals surface area contributed by atoms with Crippen LogP contribution < -0.4 is 5.73 Å². The Bertz CT molecular complexity index is 1270. The number of hydrogen-bond acceptors (Lipinski definition) is 5. The number of aromatic nitrogens is 6. The van der Waals surface area contributed by atoms with Crippen LogP contribution in [0.3, 0.4) is 0 Å². The van der Waals surface area contributed by atoms with Gasteiger partial charge in [0.15, 0.2) is 0 Å². The molecular weight excluding hydrogens is 326 g/mol. The van der Waals surface area contributed by atoms with E-state index in [1.807, 2.05) is 60.4 Å². The molecule has 0 bridgehead atoms. The van der Waals surface area contributed by atoms with E-state index >= 15 is 0 Å². The van der Waals surface area contributed by atoms with Gasteiger partial charge in [0, 0.05) is 53.1 Å². The number of nitrogens with two attached hydrogens (primary N) is 1. The highest BCUT2D eigenvalue weighted by atomic mass is 15.2. The normalized spacial score (nSPS) is 11.4. The number of para-hydroxylation sites is 1. The molecule has 0 aliphatic heterocycles. The Morgan fingerprint density at radius 3 is 2.73 bits per heavy atom. The zero-order chi connectivity index (χ0) is 17.7. The fourth-order valence-electron chi connectivity index (χ4n) is 3.38. The molecule has 7 heteroatoms. The largest absolute Gasteiger partial charge is 0.366 e. The summed E-state index contributed by atoms with van der Waals surface area (Å²) in [6.07, 6.45) is 5.71. The van der Waals surface area contributed by atoms with Crippen LogP contribution in [0.25, 0.3) is 44.5 Å². The first-order chi connectivity index (χ1) is 12.7. The van der Waals surface area contributed by atoms with Crippen LogP contribution in [0.5, 0.6) is 0 Å². The molecule has 0 radical (unpaired) electrons. The first-order valence-corrected chi connectivity index (χ1v) is 8.19. The lowest BCUT2D eigenvalue weighted by molar-refractivity contribution is 0.945. The third kappa shape index (κ3) is 2.07. The van der Waals surface area contributed by atoms with Crippen LogP contribution in [0.15, 0.2) is 55.0 Å². The van der Waals surface area contributed by atoms with Crippen LogP contribution in [0.1, 0.15) is 0 Å². The molecular formula is C19H15N7. The van der Waals surface area contributed by atoms with Crippen LogP contribution in [-0.2, 0) is 7.05 Å². The average Bonchev–Trinajstić information content (AvgIpc) is 3.24. The van der Waals surface area contributed by atoms with E-state index in [0.29, 0.717) is 11.4 Å². The van der Waals surface area contributed by atoms with E-state index in [1.165, 1.54) is 0 Å². The van der Waals surface area contributed by atoms with Crippen molar-refractivity contribution >= 4 is 27.9 Å². The van der Waals surface area contributed by atoms with Crippen molar-refractivity contribution in [3.63, 3.8) is 0 Å². The van der Waals surface area contributed by atoms with E-state index in [4.69, 9.17) is 5.73 Å². The molecule has 0 aliphatic rings. The topological polar surface area (TPSA) is 98.3 Å². The van der Waals surface area contributed by atoms with Crippen molar-refractivity contribution in [1.29, 1.82) is 0 Å². The van der Waals surface area contributed by atoms with E-state index in [0.717, 1.165) is 33.1 Å². The SMILES string of the molecule is Cn1cc(-c2nnc(N)nc2-c2c[nH]c3ccccc23)c2cccnc21. The van der Waals surface area contributed by atoms with Crippen molar-refractivity contribution in [3.8, 4) is 22.5 Å². The number of nitrogen functional groups attached to an aromatic ring is 1. The summed E-state index contributed by atoms with van der Waals surface area (Å²) in [6.45, 7) is 0. The standard InChI is InChI=1S/C19H15N7/c1-26-10-14(12-6-4-8-21-18(12)26)17-16(23-19(20)25-24-17)13-9-22-15-7-3-2-5-11(13)15/h2-10,22H,1H3,(H2,20,23,25). The van der Waals surface area contributed by atoms with Crippen molar-refractivity contribution in [2.24, 2.45) is 7.05 Å². The molecule has 4 aromatic heterocycles. The van der Waals surface area contributed by atoms with E-state index in [1.54, 1.807) is 6.20 Å². The summed E-state index contributed by atoms with van der Waals surface area (Å²) < 4.78 is 1.97. The Labute approximate surface area is 148 Å². The minimum atomic E-state index is 0.146. The number of benzene rings is 1. The average molecular weight is 341 g/mol. The molecule has 7 nitrogen and oxygen atoms in total. The number of nitrogens with one attached hydrogen (secondary N) is 1. The maximum absolute atomic E-state index is 5.86. The fourth-order valence-corrected chi connectivity index (χ4v) is 3.38. The van der Waals surface area contributed by atoms with Gasteiger partial charge in [-0.25, -0.2) is 9.97 Å². The van der Waals surface area contributed by atoms with Gasteiger partial charge in [-0.3, -0.25) is 0 Å². The summed E-state index contributed by atoms with van der Waals surface area (Å²) in [7, 11) is 1.96. The molecule has 0 saturated heterocycles. The molecule has 5 rings (SSSR count). The smallest absolute Gasteiger partial charge is 0.240 e. The van der Waals surface area contributed by atoms with Crippen molar-refractivity contribution in [2.75, 3.05) is 5.73 Å². The van der Waals surface area contributed by atoms with Gasteiger partial charge in [0.05, 0.1) is 0 Å². The summed E-state index contributed by atoms with van der Waals surface area (Å²) in [5, 5.41) is 10.4. The summed E-state index contributed by atoms with van der Waals surface area (Å²) in [5.74, 6) is 0.146. The zero-order valence-electron chi connectivity index (χ0n) is 14.0. The third-order valence-electron chi connectivity index (χ3n) is 4.54. The first-order valence-electron chi connectivity index (χ1n) is 8.19. The van der Waals surface area contributed by atoms with Gasteiger partial charge in [0.25, 0.3) is 0 Å². The summed E-state index contributed by atoms with van der Waals surface area (Å²) in [4.78, 5) is 12.2. The highest BCUT2D eigenvalue weighted by Crippen LogP contribution is 2.36. The molecule has 0 amide bonds. The summed E-state index contributed by atoms with van der Waals surface area (Å²) in [6, 6.07) is 12.0. The van der Waals surface area contributed by atoms with E-state index in [9.17, 15) is 0 Å². The maximum Gasteiger partial charge on any atom is 0.240 e. The molecule has 5 aromatic rings. The number of pyridine rings is 1. The molecule has 4 heterocycles. The number of H-pyrrole nitrogens is 1. The Balaban J connectivity index is 1.84. The molecule has 0 atom stereocenters. The predicted octanol–water partition coefficient (Wildman–Crippen LogP) is 3.16. The lowest BCUT2D eigenvalue weighted by Gasteiger charge is -2.06. The number of rotatable bonds is 2. The number of aryl methyl sites for hydroxylation is 1. The molecule has 3 N–H and O–H groups in total. The second kappa shape index (κ2) is 5.38. The lowest BCUT2D eigenvalue weighted by atomic mass is 10.0. The van der Waals surface area contributed by atoms with Gasteiger partial charge in [-0.05, 0) is 18.2 Å². The van der Waals surface area contributed by atoms with Crippen LogP contribution in [0, 0.1) is 0 Å². The minimum Gasteiger partial charge on any atom is -0.366 e. The van der Waals surface area contributed by atoms with E-state index < -0.39 is 0 Å². The predicted molar refractivity (Wildman–Crippen MR) is 101 cm³/mol. The zero-order valence-corrected chi connectivity index (χ0v) is 14.0. The van der Waals surface area contributed by atoms with Crippen molar-refractivity contribution in [3.05, 3.63) is 55.0 Å². The number of aromatic amines is 1. The van der Waals surface area contributed by atoms with Crippen LogP contribution in [0.4, 0.5) is 5.95 Å². The number of hydrogen-bond donors (Lipinski definition) is 2. The quantitative estimate of drug-likeness (QED) is 0.514. The molecule has 1 aromatic carbocycles. The summed E-state index contributed by atoms with van der Waals surface area (Å²) >= 11 is 0. The molecule has 0 saturated carbocycles. The second-order valence-electron chi connectivity index (χ2n) is 6.14. The Kier molecular flexibility index (Phi) is 3.02. The molecule has 0 fully saturated rings. The monoisotopic (exact) mass is 341 g/mol. The summed E-state index contributed by atoms with van der Waals surface area (Å²) in [5.41, 5.74) is 11.0. The van der Waals surface area contributed by atoms with Gasteiger partial charge in [-0.15, -0.1) is 10.2 Å². The van der Waals surface area contributed by atoms with Gasteiger partial charge >= 0.3 is 0 Å². The van der Waals surface area contributed by atoms with Gasteiger partial charge in [0.2, 0.25) is 5.95 Å². The van der Waals surface area contributed by atoms with Gasteiger partial charge in [-0.2, -0.15) is 0 Å². The molecule has 0 aliphatic carbocycles. The van der Waals surface area contributed by atoms with Gasteiger partial charge in [0.1, 0.15) is 17.0 Å². The highest BCUT2D eigenvalue weighted by Gasteiger charge is 2.19. The molecule has 0 unspecified atom stereocenters.